The molecule has 0 saturated carbocycles. The van der Waals surface area contributed by atoms with E-state index < -0.39 is 18.0 Å². The predicted molar refractivity (Wildman–Crippen MR) is 60.2 cm³/mol. The van der Waals surface area contributed by atoms with Gasteiger partial charge in [-0.2, -0.15) is 0 Å². The highest BCUT2D eigenvalue weighted by Gasteiger charge is 2.16. The Hall–Kier alpha value is -1.82. The van der Waals surface area contributed by atoms with E-state index in [0.29, 0.717) is 6.42 Å². The van der Waals surface area contributed by atoms with Gasteiger partial charge in [0.25, 0.3) is 5.91 Å². The van der Waals surface area contributed by atoms with E-state index in [0.717, 1.165) is 0 Å². The first-order valence-corrected chi connectivity index (χ1v) is 4.85. The summed E-state index contributed by atoms with van der Waals surface area (Å²) < 4.78 is 5.17. The third-order valence-corrected chi connectivity index (χ3v) is 1.61. The van der Waals surface area contributed by atoms with Crippen molar-refractivity contribution in [3.63, 3.8) is 0 Å². The lowest BCUT2D eigenvalue weighted by Gasteiger charge is -2.15. The van der Waals surface area contributed by atoms with Crippen LogP contribution in [0.2, 0.25) is 0 Å². The second-order valence-electron chi connectivity index (χ2n) is 2.81. The Kier molecular flexibility index (Phi) is 7.52. The number of carbonyl (C=O) groups is 2. The van der Waals surface area contributed by atoms with Gasteiger partial charge >= 0.3 is 6.03 Å². The first-order chi connectivity index (χ1) is 7.65. The lowest BCUT2D eigenvalue weighted by Crippen LogP contribution is -2.49. The Morgan fingerprint density at radius 3 is 2.56 bits per heavy atom. The predicted octanol–water partition coefficient (Wildman–Crippen LogP) is 0.442. The highest BCUT2D eigenvalue weighted by Crippen LogP contribution is 1.97. The minimum Gasteiger partial charge on any atom is -0.364 e. The van der Waals surface area contributed by atoms with Gasteiger partial charge in [-0.05, 0) is 12.6 Å². The van der Waals surface area contributed by atoms with E-state index in [4.69, 9.17) is 4.74 Å². The number of hydrogen-bond acceptors (Lipinski definition) is 3. The molecule has 6 heteroatoms. The van der Waals surface area contributed by atoms with Crippen molar-refractivity contribution in [1.82, 2.24) is 16.2 Å². The molecule has 1 atom stereocenters. The van der Waals surface area contributed by atoms with Crippen LogP contribution in [-0.4, -0.2) is 24.6 Å². The average Bonchev–Trinajstić information content (AvgIpc) is 2.28. The molecular weight excluding hydrogens is 210 g/mol. The third kappa shape index (κ3) is 5.82. The summed E-state index contributed by atoms with van der Waals surface area (Å²) in [6, 6.07) is -0.568. The van der Waals surface area contributed by atoms with Gasteiger partial charge in [0.15, 0.2) is 0 Å². The van der Waals surface area contributed by atoms with E-state index in [2.05, 4.69) is 29.3 Å². The molecule has 0 aromatic rings. The van der Waals surface area contributed by atoms with Gasteiger partial charge in [-0.25, -0.2) is 10.2 Å². The van der Waals surface area contributed by atoms with Crippen molar-refractivity contribution in [1.29, 1.82) is 0 Å². The van der Waals surface area contributed by atoms with Crippen molar-refractivity contribution < 1.29 is 14.3 Å². The molecule has 16 heavy (non-hydrogen) atoms. The smallest absolute Gasteiger partial charge is 0.337 e. The molecule has 0 bridgehead atoms. The Morgan fingerprint density at radius 1 is 1.38 bits per heavy atom. The van der Waals surface area contributed by atoms with Gasteiger partial charge in [0.05, 0.1) is 6.61 Å². The van der Waals surface area contributed by atoms with Gasteiger partial charge in [-0.3, -0.25) is 10.2 Å². The molecule has 0 rings (SSSR count). The maximum atomic E-state index is 11.5. The van der Waals surface area contributed by atoms with Crippen LogP contribution in [0.1, 0.15) is 13.3 Å². The molecule has 0 fully saturated rings. The summed E-state index contributed by atoms with van der Waals surface area (Å²) in [5.41, 5.74) is 4.37. The first kappa shape index (κ1) is 14.2. The number of hydrogen-bond donors (Lipinski definition) is 3. The standard InChI is InChI=1S/C10H17N3O3/c1-4-7-16-8(5-2)9(14)12-13-10(15)11-6-3/h4,6,8H,1,3,5,7H2,2H3,(H,12,14)(H2,11,13,15). The Morgan fingerprint density at radius 2 is 2.06 bits per heavy atom. The normalized spacial score (nSPS) is 11.1. The van der Waals surface area contributed by atoms with E-state index in [1.165, 1.54) is 6.20 Å². The summed E-state index contributed by atoms with van der Waals surface area (Å²) in [6.45, 7) is 8.86. The maximum absolute atomic E-state index is 11.5. The van der Waals surface area contributed by atoms with E-state index in [1.807, 2.05) is 0 Å². The Balaban J connectivity index is 3.95. The molecule has 3 N–H and O–H groups in total. The molecule has 0 aliphatic rings. The zero-order chi connectivity index (χ0) is 12.4. The summed E-state index contributed by atoms with van der Waals surface area (Å²) in [6.07, 6.45) is 2.65. The van der Waals surface area contributed by atoms with Crippen LogP contribution in [0.4, 0.5) is 4.79 Å². The summed E-state index contributed by atoms with van der Waals surface area (Å²) in [5.74, 6) is -0.413. The van der Waals surface area contributed by atoms with Crippen molar-refractivity contribution in [3.8, 4) is 0 Å². The quantitative estimate of drug-likeness (QED) is 0.455. The van der Waals surface area contributed by atoms with Crippen LogP contribution in [0.5, 0.6) is 0 Å². The van der Waals surface area contributed by atoms with Crippen LogP contribution in [0, 0.1) is 0 Å². The molecule has 0 heterocycles. The van der Waals surface area contributed by atoms with Gasteiger partial charge < -0.3 is 10.1 Å². The van der Waals surface area contributed by atoms with Gasteiger partial charge in [-0.15, -0.1) is 6.58 Å². The Bertz CT molecular complexity index is 266. The molecule has 90 valence electrons. The number of ether oxygens (including phenoxy) is 1. The van der Waals surface area contributed by atoms with Gasteiger partial charge in [0, 0.05) is 0 Å². The lowest BCUT2D eigenvalue weighted by molar-refractivity contribution is -0.133. The third-order valence-electron chi connectivity index (χ3n) is 1.61. The molecular formula is C10H17N3O3. The fourth-order valence-corrected chi connectivity index (χ4v) is 0.891. The van der Waals surface area contributed by atoms with Crippen LogP contribution in [-0.2, 0) is 9.53 Å². The number of urea groups is 1. The van der Waals surface area contributed by atoms with Crippen molar-refractivity contribution in [2.24, 2.45) is 0 Å². The van der Waals surface area contributed by atoms with Crippen LogP contribution in [0.15, 0.2) is 25.4 Å². The van der Waals surface area contributed by atoms with Crippen LogP contribution in [0.25, 0.3) is 0 Å². The Labute approximate surface area is 94.7 Å². The summed E-state index contributed by atoms with van der Waals surface area (Å²) in [5, 5.41) is 2.24. The molecule has 0 saturated heterocycles. The highest BCUT2D eigenvalue weighted by molar-refractivity contribution is 5.84. The fourth-order valence-electron chi connectivity index (χ4n) is 0.891. The number of carbonyl (C=O) groups excluding carboxylic acids is 2. The molecule has 0 aliphatic heterocycles. The number of hydrazine groups is 1. The van der Waals surface area contributed by atoms with Crippen molar-refractivity contribution in [3.05, 3.63) is 25.4 Å². The van der Waals surface area contributed by atoms with Crippen LogP contribution >= 0.6 is 0 Å². The monoisotopic (exact) mass is 227 g/mol. The molecule has 1 unspecified atom stereocenters. The number of amides is 3. The van der Waals surface area contributed by atoms with E-state index in [9.17, 15) is 9.59 Å². The second kappa shape index (κ2) is 8.49. The maximum Gasteiger partial charge on any atom is 0.337 e. The minimum atomic E-state index is -0.609. The SMILES string of the molecule is C=CCOC(CC)C(=O)NNC(=O)NC=C. The molecule has 3 amide bonds. The first-order valence-electron chi connectivity index (χ1n) is 4.85. The zero-order valence-corrected chi connectivity index (χ0v) is 9.29. The minimum absolute atomic E-state index is 0.283. The van der Waals surface area contributed by atoms with Crippen LogP contribution in [0.3, 0.4) is 0 Å². The molecule has 0 radical (unpaired) electrons. The molecule has 0 spiro atoms. The van der Waals surface area contributed by atoms with Crippen LogP contribution < -0.4 is 16.2 Å². The van der Waals surface area contributed by atoms with Crippen molar-refractivity contribution in [2.75, 3.05) is 6.61 Å². The molecule has 0 aromatic heterocycles. The average molecular weight is 227 g/mol. The number of nitrogens with one attached hydrogen (secondary N) is 3. The zero-order valence-electron chi connectivity index (χ0n) is 9.29. The summed E-state index contributed by atoms with van der Waals surface area (Å²) in [7, 11) is 0. The molecule has 6 nitrogen and oxygen atoms in total. The molecule has 0 aliphatic carbocycles. The van der Waals surface area contributed by atoms with Gasteiger partial charge in [0.1, 0.15) is 6.10 Å². The van der Waals surface area contributed by atoms with Crippen molar-refractivity contribution in [2.45, 2.75) is 19.4 Å². The summed E-state index contributed by atoms with van der Waals surface area (Å²) in [4.78, 5) is 22.4. The molecule has 0 aromatic carbocycles. The van der Waals surface area contributed by atoms with E-state index in [-0.39, 0.29) is 6.61 Å². The highest BCUT2D eigenvalue weighted by atomic mass is 16.5. The second-order valence-corrected chi connectivity index (χ2v) is 2.81. The lowest BCUT2D eigenvalue weighted by atomic mass is 10.2. The van der Waals surface area contributed by atoms with Crippen molar-refractivity contribution >= 4 is 11.9 Å². The fraction of sp³-hybridized carbons (Fsp3) is 0.400. The number of rotatable bonds is 6. The van der Waals surface area contributed by atoms with Gasteiger partial charge in [-0.1, -0.05) is 19.6 Å². The van der Waals surface area contributed by atoms with E-state index in [1.54, 1.807) is 13.0 Å². The largest absolute Gasteiger partial charge is 0.364 e. The van der Waals surface area contributed by atoms with Gasteiger partial charge in [0.2, 0.25) is 0 Å². The topological polar surface area (TPSA) is 79.5 Å². The van der Waals surface area contributed by atoms with E-state index >= 15 is 0 Å². The summed E-state index contributed by atoms with van der Waals surface area (Å²) >= 11 is 0.